The number of guanidine groups is 5. The van der Waals surface area contributed by atoms with Gasteiger partial charge in [-0.25, -0.2) is 4.79 Å². The molecule has 4 saturated heterocycles. The number of aromatic nitrogens is 1. The fourth-order valence-corrected chi connectivity index (χ4v) is 19.4. The van der Waals surface area contributed by atoms with Gasteiger partial charge in [0, 0.05) is 123 Å². The minimum absolute atomic E-state index is 0.00154. The molecular weight excluding hydrogens is 1980 g/mol. The zero-order chi connectivity index (χ0) is 109. The summed E-state index contributed by atoms with van der Waals surface area (Å²) in [6.07, 6.45) is -2.48. The van der Waals surface area contributed by atoms with Crippen molar-refractivity contribution < 1.29 is 96.5 Å². The van der Waals surface area contributed by atoms with E-state index in [0.717, 1.165) is 35.3 Å². The van der Waals surface area contributed by atoms with Crippen LogP contribution in [0.25, 0.3) is 10.9 Å². The van der Waals surface area contributed by atoms with Crippen molar-refractivity contribution >= 4 is 182 Å². The number of para-hydroxylation sites is 1. The van der Waals surface area contributed by atoms with Crippen LogP contribution in [0.15, 0.2) is 60.8 Å². The number of aliphatic carboxylic acids is 2. The first-order valence-corrected chi connectivity index (χ1v) is 52.5. The van der Waals surface area contributed by atoms with E-state index in [1.165, 1.54) is 19.6 Å². The highest BCUT2D eigenvalue weighted by Gasteiger charge is 2.44. The van der Waals surface area contributed by atoms with E-state index in [2.05, 4.69) is 95.4 Å². The topological polar surface area (TPSA) is 856 Å². The van der Waals surface area contributed by atoms with Crippen LogP contribution < -0.4 is 125 Å². The molecule has 5 heterocycles. The summed E-state index contributed by atoms with van der Waals surface area (Å²) in [6, 6.07) is -7.29. The monoisotopic (exact) mass is 2130 g/mol. The average Bonchev–Trinajstić information content (AvgIpc) is 1.46. The van der Waals surface area contributed by atoms with Gasteiger partial charge in [-0.3, -0.25) is 109 Å². The van der Waals surface area contributed by atoms with Crippen molar-refractivity contribution in [2.24, 2.45) is 46.2 Å². The Hall–Kier alpha value is -14.2. The summed E-state index contributed by atoms with van der Waals surface area (Å²) < 4.78 is 0. The van der Waals surface area contributed by atoms with Gasteiger partial charge in [-0.2, -0.15) is 35.3 Å². The fraction of sp³-hybridized carbons (Fsp3) is 0.598. The number of hydrogen-bond donors (Lipinski definition) is 31. The molecular formula is C92H145N33O20S3. The van der Waals surface area contributed by atoms with E-state index in [1.807, 2.05) is 0 Å². The first-order valence-electron chi connectivity index (χ1n) is 49.0. The molecule has 14 atom stereocenters. The van der Waals surface area contributed by atoms with E-state index in [1.54, 1.807) is 88.5 Å². The fourth-order valence-electron chi connectivity index (χ4n) is 16.5. The molecule has 37 N–H and O–H groups in total. The molecule has 4 aliphatic heterocycles. The molecule has 56 heteroatoms. The number of rotatable bonds is 37. The highest BCUT2D eigenvalue weighted by Crippen LogP contribution is 2.26. The number of nitrogens with one attached hydrogen (secondary N) is 23. The van der Waals surface area contributed by atoms with Crippen molar-refractivity contribution in [2.45, 2.75) is 241 Å². The Morgan fingerprint density at radius 1 is 0.466 bits per heavy atom. The molecule has 7 rings (SSSR count). The first-order chi connectivity index (χ1) is 70.3. The molecule has 0 saturated carbocycles. The third kappa shape index (κ3) is 42.0. The molecule has 148 heavy (non-hydrogen) atoms. The van der Waals surface area contributed by atoms with Crippen LogP contribution in [0.2, 0.25) is 0 Å². The van der Waals surface area contributed by atoms with Gasteiger partial charge in [0.2, 0.25) is 94.5 Å². The van der Waals surface area contributed by atoms with Gasteiger partial charge in [-0.1, -0.05) is 76.2 Å². The molecule has 4 fully saturated rings. The zero-order valence-corrected chi connectivity index (χ0v) is 85.9. The highest BCUT2D eigenvalue weighted by atomic mass is 32.2. The maximum atomic E-state index is 15.4. The lowest BCUT2D eigenvalue weighted by Crippen LogP contribution is -2.61. The van der Waals surface area contributed by atoms with Gasteiger partial charge in [0.05, 0.1) is 32.5 Å². The van der Waals surface area contributed by atoms with Gasteiger partial charge in [-0.05, 0) is 119 Å². The molecule has 4 aliphatic rings. The molecule has 3 aromatic rings. The maximum absolute atomic E-state index is 15.4. The summed E-state index contributed by atoms with van der Waals surface area (Å²) in [7, 11) is 0. The van der Waals surface area contributed by atoms with Gasteiger partial charge in [-0.15, -0.1) is 0 Å². The minimum atomic E-state index is -2.09. The lowest BCUT2D eigenvalue weighted by Gasteiger charge is -2.42. The quantitative estimate of drug-likeness (QED) is 0.0145. The number of benzene rings is 2. The summed E-state index contributed by atoms with van der Waals surface area (Å²) in [6.45, 7) is 5.22. The number of nitrogens with two attached hydrogens (primary N) is 6. The molecule has 53 nitrogen and oxygen atoms in total. The Balaban J connectivity index is 1.37. The molecule has 0 radical (unpaired) electrons. The lowest BCUT2D eigenvalue weighted by atomic mass is 10.0. The number of carboxylic acid groups (broad SMARTS) is 2. The number of aromatic amines is 1. The summed E-state index contributed by atoms with van der Waals surface area (Å²) >= 11 is 2.81. The van der Waals surface area contributed by atoms with Gasteiger partial charge in [0.15, 0.2) is 29.8 Å². The Bertz CT molecular complexity index is 5140. The second-order valence-corrected chi connectivity index (χ2v) is 40.5. The van der Waals surface area contributed by atoms with Crippen molar-refractivity contribution in [1.29, 1.82) is 27.0 Å². The number of carbonyl (C=O) groups is 18. The Morgan fingerprint density at radius 2 is 0.905 bits per heavy atom. The van der Waals surface area contributed by atoms with Gasteiger partial charge in [0.25, 0.3) is 0 Å². The standard InChI is InChI=1S/C92H145N33O20S3/c1-50(2)38-61-79(136)110-60(24-14-33-108-92(102)103)78(135)120-67(82(139)113-59(23-13-32-107-91(100)101)77(134)118-65(87(144)145)41-53-43-109-56-20-9-8-18-54(53)56)45-147-36-27-71(127)123-47-122-48-124(49-123)72(128)28-37-148-46-68(83(140)112-57(21-11-30-105-89(96)97)75(132)116-63(42-73(129)130)81(138)114-61)121-85(142)69-25-15-34-125(69)86(143)64(39-51(3)4)117-76(133)58(22-12-31-106-90(98)99)111-80(137)62(40-52-16-6-5-7-17-52)115-84(141)66(44-146-35-26-70(122)126)119-74(131)55(93)19-10-29-104-88(94)95/h5-9,16-18,20,43,50-51,55,57-69,109H,10-15,19,21-42,44-49,93H2,1-4H3,(H,110,136)(H,111,137)(H,112,140)(H,113,139)(H,114,138)(H,115,141)(H,116,132)(H,117,133)(H,118,134)(H,119,131)(H,120,135)(H,121,142)(H,129,130)(H,144,145)(H4,94,95,104)(H4,96,97,105)(H4,98,99,106)(H4,100,101,107)(H4,102,103,108)/t55-,57-,58-,59-,60-,61-,62-,63-,64-,65-,66-,67-,68-,69-/m0/s1. The number of carboxylic acids is 2. The van der Waals surface area contributed by atoms with Crippen LogP contribution in [-0.2, 0) is 99.1 Å². The summed E-state index contributed by atoms with van der Waals surface area (Å²) in [5.41, 5.74) is 36.1. The van der Waals surface area contributed by atoms with Crippen molar-refractivity contribution in [1.82, 2.24) is 115 Å². The summed E-state index contributed by atoms with van der Waals surface area (Å²) in [5.74, 6) is -23.1. The predicted octanol–water partition coefficient (Wildman–Crippen LogP) is -6.17. The largest absolute Gasteiger partial charge is 0.481 e. The normalized spacial score (nSPS) is 22.4. The average molecular weight is 2130 g/mol. The molecule has 2 aromatic carbocycles. The second kappa shape index (κ2) is 62.1. The molecule has 0 unspecified atom stereocenters. The molecule has 1 aromatic heterocycles. The van der Waals surface area contributed by atoms with E-state index in [-0.39, 0.29) is 183 Å². The Labute approximate surface area is 869 Å². The number of nitrogens with zero attached hydrogens (tertiary/aromatic N) is 4. The Morgan fingerprint density at radius 3 is 1.43 bits per heavy atom. The van der Waals surface area contributed by atoms with E-state index < -0.39 is 272 Å². The maximum Gasteiger partial charge on any atom is 0.326 e. The molecule has 0 aliphatic carbocycles. The number of hydrogen-bond acceptors (Lipinski definition) is 27. The van der Waals surface area contributed by atoms with E-state index in [0.29, 0.717) is 22.0 Å². The van der Waals surface area contributed by atoms with E-state index >= 15 is 57.5 Å². The van der Waals surface area contributed by atoms with Crippen LogP contribution in [0.3, 0.4) is 0 Å². The molecule has 4 bridgehead atoms. The third-order valence-electron chi connectivity index (χ3n) is 24.2. The van der Waals surface area contributed by atoms with Crippen molar-refractivity contribution in [3.05, 3.63) is 71.9 Å². The smallest absolute Gasteiger partial charge is 0.326 e. The van der Waals surface area contributed by atoms with Crippen molar-refractivity contribution in [3.8, 4) is 0 Å². The Kier molecular flexibility index (Phi) is 50.6. The predicted molar refractivity (Wildman–Crippen MR) is 554 cm³/mol. The van der Waals surface area contributed by atoms with Gasteiger partial charge in [0.1, 0.15) is 78.5 Å². The molecule has 0 spiro atoms. The lowest BCUT2D eigenvalue weighted by molar-refractivity contribution is -0.158. The van der Waals surface area contributed by atoms with Crippen LogP contribution >= 0.6 is 35.3 Å². The van der Waals surface area contributed by atoms with Crippen LogP contribution in [0.4, 0.5) is 0 Å². The van der Waals surface area contributed by atoms with Gasteiger partial charge >= 0.3 is 11.9 Å². The highest BCUT2D eigenvalue weighted by molar-refractivity contribution is 7.99. The van der Waals surface area contributed by atoms with Crippen molar-refractivity contribution in [2.75, 3.05) is 93.8 Å². The second-order valence-electron chi connectivity index (χ2n) is 37.1. The van der Waals surface area contributed by atoms with Crippen LogP contribution in [0, 0.1) is 38.9 Å². The summed E-state index contributed by atoms with van der Waals surface area (Å²) in [4.78, 5) is 276. The SMILES string of the molecule is CC(C)C[C@@H]1NC(=O)[C@H](CC(=O)O)NC(=O)[C@H](CCCNC(=N)N)NC(=O)[C@@H]2CSCCC(=O)N3CN(CN(C3)C(=O)CCSC[C@H](NC(=O)[C@@H](N)CCCNC(=N)N)C(=O)N[C@@H](Cc3ccccc3)C(=O)N[C@@H](CCCNC(=N)N)C(=O)N[C@@H](CC(C)C)C(=O)N3CCC[C@H]3C(=O)N2)C(=O)CCSC[C@@H](C(=O)N[C@@H](CCCNC(=N)N)C(=O)N[C@@H](Cc2c[nH]c3ccccc23)C(=O)O)NC(=O)[C@H](CCCNC(=N)N)NC1=O. The zero-order valence-electron chi connectivity index (χ0n) is 83.5. The van der Waals surface area contributed by atoms with E-state index in [4.69, 9.17) is 61.4 Å². The molecule has 816 valence electrons. The summed E-state index contributed by atoms with van der Waals surface area (Å²) in [5, 5.41) is 106. The number of fused-ring (bicyclic) bond motifs is 9. The first kappa shape index (κ1) is 121. The van der Waals surface area contributed by atoms with Crippen LogP contribution in [0.5, 0.6) is 0 Å². The number of thioether (sulfide) groups is 3. The number of amides is 16. The van der Waals surface area contributed by atoms with Crippen molar-refractivity contribution in [3.63, 3.8) is 0 Å². The molecule has 16 amide bonds. The third-order valence-corrected chi connectivity index (χ3v) is 27.4. The van der Waals surface area contributed by atoms with Crippen LogP contribution in [0.1, 0.15) is 154 Å². The minimum Gasteiger partial charge on any atom is -0.481 e. The number of H-pyrrole nitrogens is 1. The van der Waals surface area contributed by atoms with Gasteiger partial charge < -0.3 is 160 Å². The number of carbonyl (C=O) groups excluding carboxylic acids is 16. The van der Waals surface area contributed by atoms with E-state index in [9.17, 15) is 39.0 Å². The van der Waals surface area contributed by atoms with Crippen LogP contribution in [-0.4, -0.2) is 349 Å².